The molecule has 3 N–H and O–H groups in total. The number of hydrogen-bond donors (Lipinski definition) is 3. The molecule has 0 aliphatic heterocycles. The predicted molar refractivity (Wildman–Crippen MR) is 75.1 cm³/mol. The maximum absolute atomic E-state index is 11.2. The molecule has 1 rings (SSSR count). The summed E-state index contributed by atoms with van der Waals surface area (Å²) in [5.41, 5.74) is 0.234. The van der Waals surface area contributed by atoms with Crippen molar-refractivity contribution in [2.24, 2.45) is 0 Å². The fourth-order valence-corrected chi connectivity index (χ4v) is 1.55. The van der Waals surface area contributed by atoms with E-state index in [1.807, 2.05) is 6.92 Å². The van der Waals surface area contributed by atoms with E-state index in [0.717, 1.165) is 0 Å². The van der Waals surface area contributed by atoms with E-state index in [4.69, 9.17) is 9.84 Å². The first kappa shape index (κ1) is 16.0. The SMILES string of the molecule is CCNC(=O)CCNCCOc1ccc(C(=O)O)cc1. The summed E-state index contributed by atoms with van der Waals surface area (Å²) < 4.78 is 5.44. The maximum atomic E-state index is 11.2. The zero-order chi connectivity index (χ0) is 14.8. The smallest absolute Gasteiger partial charge is 0.335 e. The van der Waals surface area contributed by atoms with E-state index in [1.54, 1.807) is 12.1 Å². The van der Waals surface area contributed by atoms with Crippen molar-refractivity contribution in [2.45, 2.75) is 13.3 Å². The molecule has 0 aromatic heterocycles. The number of amides is 1. The lowest BCUT2D eigenvalue weighted by atomic mass is 10.2. The van der Waals surface area contributed by atoms with E-state index in [0.29, 0.717) is 38.4 Å². The van der Waals surface area contributed by atoms with Crippen molar-refractivity contribution < 1.29 is 19.4 Å². The van der Waals surface area contributed by atoms with Crippen LogP contribution in [0.1, 0.15) is 23.7 Å². The summed E-state index contributed by atoms with van der Waals surface area (Å²) in [7, 11) is 0. The van der Waals surface area contributed by atoms with Gasteiger partial charge in [-0.3, -0.25) is 4.79 Å². The Hall–Kier alpha value is -2.08. The first-order valence-electron chi connectivity index (χ1n) is 6.57. The largest absolute Gasteiger partial charge is 0.492 e. The average Bonchev–Trinajstić information content (AvgIpc) is 2.43. The molecule has 0 saturated carbocycles. The summed E-state index contributed by atoms with van der Waals surface area (Å²) in [5, 5.41) is 14.6. The van der Waals surface area contributed by atoms with Crippen molar-refractivity contribution in [2.75, 3.05) is 26.2 Å². The third kappa shape index (κ3) is 6.19. The van der Waals surface area contributed by atoms with Crippen LogP contribution in [0.5, 0.6) is 5.75 Å². The van der Waals surface area contributed by atoms with Gasteiger partial charge in [-0.05, 0) is 31.2 Å². The third-order valence-corrected chi connectivity index (χ3v) is 2.55. The molecule has 6 nitrogen and oxygen atoms in total. The number of rotatable bonds is 9. The molecule has 0 aliphatic rings. The van der Waals surface area contributed by atoms with Gasteiger partial charge in [-0.1, -0.05) is 0 Å². The highest BCUT2D eigenvalue weighted by molar-refractivity contribution is 5.87. The maximum Gasteiger partial charge on any atom is 0.335 e. The summed E-state index contributed by atoms with van der Waals surface area (Å²) in [6.45, 7) is 4.22. The van der Waals surface area contributed by atoms with Gasteiger partial charge < -0.3 is 20.5 Å². The lowest BCUT2D eigenvalue weighted by Gasteiger charge is -2.07. The Morgan fingerprint density at radius 1 is 1.20 bits per heavy atom. The Bertz CT molecular complexity index is 431. The lowest BCUT2D eigenvalue weighted by Crippen LogP contribution is -2.29. The van der Waals surface area contributed by atoms with Gasteiger partial charge >= 0.3 is 5.97 Å². The summed E-state index contributed by atoms with van der Waals surface area (Å²) in [4.78, 5) is 21.8. The molecule has 0 saturated heterocycles. The molecule has 1 aromatic carbocycles. The summed E-state index contributed by atoms with van der Waals surface area (Å²) in [6, 6.07) is 6.25. The normalized spacial score (nSPS) is 10.1. The third-order valence-electron chi connectivity index (χ3n) is 2.55. The van der Waals surface area contributed by atoms with Gasteiger partial charge in [0.2, 0.25) is 5.91 Å². The Balaban J connectivity index is 2.12. The minimum atomic E-state index is -0.955. The second-order valence-electron chi connectivity index (χ2n) is 4.13. The standard InChI is InChI=1S/C14H20N2O4/c1-2-16-13(17)7-8-15-9-10-20-12-5-3-11(4-6-12)14(18)19/h3-6,15H,2,7-10H2,1H3,(H,16,17)(H,18,19). The number of carbonyl (C=O) groups excluding carboxylic acids is 1. The molecule has 0 atom stereocenters. The van der Waals surface area contributed by atoms with Gasteiger partial charge in [-0.15, -0.1) is 0 Å². The molecule has 6 heteroatoms. The summed E-state index contributed by atoms with van der Waals surface area (Å²) in [5.74, 6) is -0.297. The number of hydrogen-bond acceptors (Lipinski definition) is 4. The van der Waals surface area contributed by atoms with Crippen LogP contribution in [-0.2, 0) is 4.79 Å². The second kappa shape index (κ2) is 8.92. The summed E-state index contributed by atoms with van der Waals surface area (Å²) >= 11 is 0. The molecule has 20 heavy (non-hydrogen) atoms. The van der Waals surface area contributed by atoms with E-state index in [1.165, 1.54) is 12.1 Å². The molecule has 110 valence electrons. The number of ether oxygens (including phenoxy) is 1. The first-order chi connectivity index (χ1) is 9.63. The highest BCUT2D eigenvalue weighted by Crippen LogP contribution is 2.11. The number of carboxylic acid groups (broad SMARTS) is 1. The highest BCUT2D eigenvalue weighted by Gasteiger charge is 2.02. The van der Waals surface area contributed by atoms with Crippen molar-refractivity contribution in [3.8, 4) is 5.75 Å². The van der Waals surface area contributed by atoms with E-state index >= 15 is 0 Å². The fourth-order valence-electron chi connectivity index (χ4n) is 1.55. The molecule has 0 unspecified atom stereocenters. The minimum absolute atomic E-state index is 0.0326. The van der Waals surface area contributed by atoms with Gasteiger partial charge in [-0.2, -0.15) is 0 Å². The van der Waals surface area contributed by atoms with Crippen molar-refractivity contribution in [1.82, 2.24) is 10.6 Å². The van der Waals surface area contributed by atoms with Crippen LogP contribution >= 0.6 is 0 Å². The number of aromatic carboxylic acids is 1. The van der Waals surface area contributed by atoms with Crippen LogP contribution in [0.3, 0.4) is 0 Å². The second-order valence-corrected chi connectivity index (χ2v) is 4.13. The van der Waals surface area contributed by atoms with E-state index in [-0.39, 0.29) is 11.5 Å². The fraction of sp³-hybridized carbons (Fsp3) is 0.429. The molecule has 0 spiro atoms. The number of carbonyl (C=O) groups is 2. The quantitative estimate of drug-likeness (QED) is 0.584. The van der Waals surface area contributed by atoms with Gasteiger partial charge in [0.05, 0.1) is 5.56 Å². The Labute approximate surface area is 118 Å². The number of nitrogens with one attached hydrogen (secondary N) is 2. The van der Waals surface area contributed by atoms with Crippen LogP contribution in [0, 0.1) is 0 Å². The van der Waals surface area contributed by atoms with Crippen molar-refractivity contribution in [1.29, 1.82) is 0 Å². The average molecular weight is 280 g/mol. The molecule has 1 amide bonds. The van der Waals surface area contributed by atoms with Crippen molar-refractivity contribution in [3.05, 3.63) is 29.8 Å². The zero-order valence-electron chi connectivity index (χ0n) is 11.5. The van der Waals surface area contributed by atoms with Crippen LogP contribution in [0.2, 0.25) is 0 Å². The lowest BCUT2D eigenvalue weighted by molar-refractivity contribution is -0.120. The van der Waals surface area contributed by atoms with Crippen LogP contribution in [0.4, 0.5) is 0 Å². The highest BCUT2D eigenvalue weighted by atomic mass is 16.5. The molecule has 0 fully saturated rings. The van der Waals surface area contributed by atoms with Gasteiger partial charge in [0.1, 0.15) is 12.4 Å². The van der Waals surface area contributed by atoms with Crippen molar-refractivity contribution >= 4 is 11.9 Å². The molecule has 0 aliphatic carbocycles. The molecule has 1 aromatic rings. The van der Waals surface area contributed by atoms with Gasteiger partial charge in [0, 0.05) is 26.1 Å². The van der Waals surface area contributed by atoms with E-state index < -0.39 is 5.97 Å². The predicted octanol–water partition coefficient (Wildman–Crippen LogP) is 0.879. The van der Waals surface area contributed by atoms with Crippen molar-refractivity contribution in [3.63, 3.8) is 0 Å². The zero-order valence-corrected chi connectivity index (χ0v) is 11.5. The molecular formula is C14H20N2O4. The molecular weight excluding hydrogens is 260 g/mol. The van der Waals surface area contributed by atoms with Gasteiger partial charge in [0.25, 0.3) is 0 Å². The van der Waals surface area contributed by atoms with Gasteiger partial charge in [0.15, 0.2) is 0 Å². The molecule has 0 bridgehead atoms. The van der Waals surface area contributed by atoms with Crippen LogP contribution in [0.15, 0.2) is 24.3 Å². The van der Waals surface area contributed by atoms with E-state index in [2.05, 4.69) is 10.6 Å². The minimum Gasteiger partial charge on any atom is -0.492 e. The molecule has 0 heterocycles. The Morgan fingerprint density at radius 2 is 1.90 bits per heavy atom. The van der Waals surface area contributed by atoms with Crippen LogP contribution < -0.4 is 15.4 Å². The van der Waals surface area contributed by atoms with Crippen LogP contribution in [0.25, 0.3) is 0 Å². The number of carboxylic acids is 1. The molecule has 0 radical (unpaired) electrons. The Morgan fingerprint density at radius 3 is 2.50 bits per heavy atom. The monoisotopic (exact) mass is 280 g/mol. The summed E-state index contributed by atoms with van der Waals surface area (Å²) in [6.07, 6.45) is 0.446. The Kier molecular flexibility index (Phi) is 7.13. The first-order valence-corrected chi connectivity index (χ1v) is 6.57. The van der Waals surface area contributed by atoms with Gasteiger partial charge in [-0.25, -0.2) is 4.79 Å². The number of benzene rings is 1. The topological polar surface area (TPSA) is 87.7 Å². The van der Waals surface area contributed by atoms with E-state index in [9.17, 15) is 9.59 Å². The van der Waals surface area contributed by atoms with Crippen LogP contribution in [-0.4, -0.2) is 43.2 Å².